The Morgan fingerprint density at radius 3 is 2.56 bits per heavy atom. The van der Waals surface area contributed by atoms with Crippen LogP contribution in [0.3, 0.4) is 0 Å². The molecule has 7 heteroatoms. The summed E-state index contributed by atoms with van der Waals surface area (Å²) in [5.41, 5.74) is 7.12. The van der Waals surface area contributed by atoms with Crippen molar-refractivity contribution in [2.75, 3.05) is 39.4 Å². The van der Waals surface area contributed by atoms with Gasteiger partial charge in [0.25, 0.3) is 0 Å². The van der Waals surface area contributed by atoms with Crippen LogP contribution in [0.2, 0.25) is 0 Å². The summed E-state index contributed by atoms with van der Waals surface area (Å²) in [6.07, 6.45) is 0.936. The average Bonchev–Trinajstić information content (AvgIpc) is 2.59. The number of nitrogens with zero attached hydrogens (tertiary/aromatic N) is 2. The number of hydrogen-bond donors (Lipinski definition) is 1. The number of piperidine rings is 1. The Morgan fingerprint density at radius 1 is 1.20 bits per heavy atom. The first kappa shape index (κ1) is 18.8. The number of likely N-dealkylation sites (tertiary alicyclic amines) is 1. The van der Waals surface area contributed by atoms with Gasteiger partial charge in [0.2, 0.25) is 10.0 Å². The molecular weight excluding hydrogens is 338 g/mol. The number of morpholine rings is 1. The van der Waals surface area contributed by atoms with E-state index in [2.05, 4.69) is 18.7 Å². The Bertz CT molecular complexity index is 699. The van der Waals surface area contributed by atoms with Gasteiger partial charge in [0.1, 0.15) is 0 Å². The standard InChI is InChI=1S/C18H29N3O3S/c1-18(2)14-20(8-7-17(18)19)13-15-5-3-4-6-16(15)25(22,23)21-9-11-24-12-10-21/h3-6,17H,7-14,19H2,1-2H3. The van der Waals surface area contributed by atoms with E-state index < -0.39 is 10.0 Å². The highest BCUT2D eigenvalue weighted by atomic mass is 32.2. The van der Waals surface area contributed by atoms with E-state index in [1.165, 1.54) is 4.31 Å². The average molecular weight is 368 g/mol. The molecule has 2 aliphatic heterocycles. The maximum atomic E-state index is 13.1. The van der Waals surface area contributed by atoms with Gasteiger partial charge in [0.15, 0.2) is 0 Å². The van der Waals surface area contributed by atoms with Gasteiger partial charge in [-0.25, -0.2) is 8.42 Å². The van der Waals surface area contributed by atoms with E-state index in [1.807, 2.05) is 12.1 Å². The third-order valence-electron chi connectivity index (χ3n) is 5.35. The summed E-state index contributed by atoms with van der Waals surface area (Å²) < 4.78 is 32.9. The van der Waals surface area contributed by atoms with Crippen LogP contribution in [0.4, 0.5) is 0 Å². The fourth-order valence-corrected chi connectivity index (χ4v) is 5.30. The zero-order valence-corrected chi connectivity index (χ0v) is 16.0. The van der Waals surface area contributed by atoms with Gasteiger partial charge in [-0.05, 0) is 23.5 Å². The van der Waals surface area contributed by atoms with E-state index in [4.69, 9.17) is 10.5 Å². The summed E-state index contributed by atoms with van der Waals surface area (Å²) in [7, 11) is -3.48. The molecule has 6 nitrogen and oxygen atoms in total. The highest BCUT2D eigenvalue weighted by Gasteiger charge is 2.34. The second kappa shape index (κ2) is 7.32. The van der Waals surface area contributed by atoms with Crippen molar-refractivity contribution in [3.63, 3.8) is 0 Å². The minimum Gasteiger partial charge on any atom is -0.379 e. The van der Waals surface area contributed by atoms with Crippen molar-refractivity contribution in [1.82, 2.24) is 9.21 Å². The van der Waals surface area contributed by atoms with Crippen molar-refractivity contribution in [2.45, 2.75) is 37.8 Å². The molecule has 2 fully saturated rings. The largest absolute Gasteiger partial charge is 0.379 e. The quantitative estimate of drug-likeness (QED) is 0.867. The van der Waals surface area contributed by atoms with Crippen molar-refractivity contribution in [3.05, 3.63) is 29.8 Å². The monoisotopic (exact) mass is 367 g/mol. The molecule has 2 saturated heterocycles. The molecule has 0 bridgehead atoms. The maximum Gasteiger partial charge on any atom is 0.243 e. The predicted octanol–water partition coefficient (Wildman–Crippen LogP) is 1.27. The predicted molar refractivity (Wildman–Crippen MR) is 97.7 cm³/mol. The topological polar surface area (TPSA) is 75.9 Å². The molecular formula is C18H29N3O3S. The lowest BCUT2D eigenvalue weighted by atomic mass is 9.79. The minimum absolute atomic E-state index is 0.0380. The molecule has 0 aliphatic carbocycles. The van der Waals surface area contributed by atoms with Crippen LogP contribution in [-0.2, 0) is 21.3 Å². The van der Waals surface area contributed by atoms with Gasteiger partial charge in [-0.3, -0.25) is 4.90 Å². The first-order valence-electron chi connectivity index (χ1n) is 8.94. The van der Waals surface area contributed by atoms with Gasteiger partial charge in [-0.15, -0.1) is 0 Å². The Balaban J connectivity index is 1.82. The summed E-state index contributed by atoms with van der Waals surface area (Å²) in [5, 5.41) is 0. The van der Waals surface area contributed by atoms with Gasteiger partial charge in [0.05, 0.1) is 18.1 Å². The zero-order chi connectivity index (χ0) is 18.1. The van der Waals surface area contributed by atoms with Gasteiger partial charge in [0, 0.05) is 38.8 Å². The molecule has 140 valence electrons. The molecule has 2 aliphatic rings. The maximum absolute atomic E-state index is 13.1. The zero-order valence-electron chi connectivity index (χ0n) is 15.1. The van der Waals surface area contributed by atoms with Crippen LogP contribution >= 0.6 is 0 Å². The number of sulfonamides is 1. The van der Waals surface area contributed by atoms with Crippen molar-refractivity contribution < 1.29 is 13.2 Å². The summed E-state index contributed by atoms with van der Waals surface area (Å²) in [6, 6.07) is 7.55. The lowest BCUT2D eigenvalue weighted by Gasteiger charge is -2.42. The van der Waals surface area contributed by atoms with Crippen LogP contribution in [0.15, 0.2) is 29.2 Å². The summed E-state index contributed by atoms with van der Waals surface area (Å²) >= 11 is 0. The highest BCUT2D eigenvalue weighted by molar-refractivity contribution is 7.89. The molecule has 0 amide bonds. The van der Waals surface area contributed by atoms with Crippen LogP contribution in [0.5, 0.6) is 0 Å². The van der Waals surface area contributed by atoms with Crippen LogP contribution in [-0.4, -0.2) is 63.1 Å². The van der Waals surface area contributed by atoms with E-state index in [0.717, 1.165) is 25.1 Å². The minimum atomic E-state index is -3.48. The molecule has 0 radical (unpaired) electrons. The molecule has 0 saturated carbocycles. The lowest BCUT2D eigenvalue weighted by molar-refractivity contribution is 0.0728. The molecule has 3 rings (SSSR count). The van der Waals surface area contributed by atoms with Crippen LogP contribution in [0.25, 0.3) is 0 Å². The number of ether oxygens (including phenoxy) is 1. The number of rotatable bonds is 4. The Hall–Kier alpha value is -0.990. The Kier molecular flexibility index (Phi) is 5.51. The number of hydrogen-bond acceptors (Lipinski definition) is 5. The Labute approximate surface area is 151 Å². The number of nitrogens with two attached hydrogens (primary N) is 1. The van der Waals surface area contributed by atoms with E-state index in [9.17, 15) is 8.42 Å². The second-order valence-corrected chi connectivity index (χ2v) is 9.62. The first-order chi connectivity index (χ1) is 11.8. The van der Waals surface area contributed by atoms with E-state index in [1.54, 1.807) is 12.1 Å². The molecule has 0 spiro atoms. The molecule has 2 N–H and O–H groups in total. The molecule has 1 aromatic rings. The molecule has 1 unspecified atom stereocenters. The van der Waals surface area contributed by atoms with Gasteiger partial charge < -0.3 is 10.5 Å². The fraction of sp³-hybridized carbons (Fsp3) is 0.667. The second-order valence-electron chi connectivity index (χ2n) is 7.72. The smallest absolute Gasteiger partial charge is 0.243 e. The van der Waals surface area contributed by atoms with Crippen molar-refractivity contribution in [3.8, 4) is 0 Å². The lowest BCUT2D eigenvalue weighted by Crippen LogP contribution is -2.52. The van der Waals surface area contributed by atoms with E-state index in [0.29, 0.717) is 37.7 Å². The summed E-state index contributed by atoms with van der Waals surface area (Å²) in [6.45, 7) is 8.52. The van der Waals surface area contributed by atoms with Crippen LogP contribution < -0.4 is 5.73 Å². The molecule has 25 heavy (non-hydrogen) atoms. The molecule has 1 aromatic carbocycles. The van der Waals surface area contributed by atoms with E-state index in [-0.39, 0.29) is 11.5 Å². The first-order valence-corrected chi connectivity index (χ1v) is 10.4. The van der Waals surface area contributed by atoms with Gasteiger partial charge >= 0.3 is 0 Å². The Morgan fingerprint density at radius 2 is 1.88 bits per heavy atom. The third-order valence-corrected chi connectivity index (χ3v) is 7.34. The molecule has 0 aromatic heterocycles. The summed E-state index contributed by atoms with van der Waals surface area (Å²) in [5.74, 6) is 0. The van der Waals surface area contributed by atoms with Crippen LogP contribution in [0.1, 0.15) is 25.8 Å². The SMILES string of the molecule is CC1(C)CN(Cc2ccccc2S(=O)(=O)N2CCOCC2)CCC1N. The van der Waals surface area contributed by atoms with Crippen LogP contribution in [0, 0.1) is 5.41 Å². The van der Waals surface area contributed by atoms with Gasteiger partial charge in [-0.1, -0.05) is 32.0 Å². The van der Waals surface area contributed by atoms with Crippen molar-refractivity contribution in [2.24, 2.45) is 11.1 Å². The van der Waals surface area contributed by atoms with E-state index >= 15 is 0 Å². The number of benzene rings is 1. The van der Waals surface area contributed by atoms with Gasteiger partial charge in [-0.2, -0.15) is 4.31 Å². The fourth-order valence-electron chi connectivity index (χ4n) is 3.67. The highest BCUT2D eigenvalue weighted by Crippen LogP contribution is 2.30. The van der Waals surface area contributed by atoms with Crippen molar-refractivity contribution in [1.29, 1.82) is 0 Å². The third kappa shape index (κ3) is 4.06. The molecule has 2 heterocycles. The summed E-state index contributed by atoms with van der Waals surface area (Å²) in [4.78, 5) is 2.74. The normalized spacial score (nSPS) is 25.8. The molecule has 1 atom stereocenters. The van der Waals surface area contributed by atoms with Crippen molar-refractivity contribution >= 4 is 10.0 Å².